The molecule has 1 unspecified atom stereocenters. The topological polar surface area (TPSA) is 88.1 Å². The molecule has 1 amide bonds. The van der Waals surface area contributed by atoms with Crippen molar-refractivity contribution in [2.24, 2.45) is 16.8 Å². The summed E-state index contributed by atoms with van der Waals surface area (Å²) in [5.74, 6) is -2.73. The van der Waals surface area contributed by atoms with Gasteiger partial charge in [0.25, 0.3) is 5.91 Å². The van der Waals surface area contributed by atoms with E-state index in [9.17, 15) is 18.7 Å². The number of rotatable bonds is 7. The second kappa shape index (κ2) is 8.89. The summed E-state index contributed by atoms with van der Waals surface area (Å²) in [5.41, 5.74) is 4.64. The second-order valence-electron chi connectivity index (χ2n) is 7.51. The van der Waals surface area contributed by atoms with Crippen LogP contribution in [0.25, 0.3) is 0 Å². The fourth-order valence-electron chi connectivity index (χ4n) is 3.33. The maximum Gasteiger partial charge on any atom is 0.275 e. The van der Waals surface area contributed by atoms with E-state index in [1.54, 1.807) is 44.2 Å². The lowest BCUT2D eigenvalue weighted by Gasteiger charge is -2.36. The highest BCUT2D eigenvalue weighted by molar-refractivity contribution is 5.97. The van der Waals surface area contributed by atoms with Gasteiger partial charge in [0.1, 0.15) is 17.7 Å². The van der Waals surface area contributed by atoms with Gasteiger partial charge in [-0.25, -0.2) is 8.78 Å². The lowest BCUT2D eigenvalue weighted by molar-refractivity contribution is -0.163. The Bertz CT molecular complexity index is 936. The van der Waals surface area contributed by atoms with Crippen molar-refractivity contribution in [3.8, 4) is 0 Å². The van der Waals surface area contributed by atoms with Gasteiger partial charge < -0.3 is 15.6 Å². The molecule has 0 radical (unpaired) electrons. The molecule has 0 saturated heterocycles. The molecule has 2 aromatic carbocycles. The number of aliphatic hydroxyl groups is 1. The second-order valence-corrected chi connectivity index (χ2v) is 7.51. The van der Waals surface area contributed by atoms with E-state index in [-0.39, 0.29) is 23.8 Å². The van der Waals surface area contributed by atoms with Crippen LogP contribution in [0.15, 0.2) is 53.6 Å². The van der Waals surface area contributed by atoms with Gasteiger partial charge in [0.2, 0.25) is 11.6 Å². The number of hydrazone groups is 1. The number of halogens is 2. The number of aliphatic hydroxyl groups excluding tert-OH is 1. The SMILES string of the molecule is CC(C)[C@H](O)C(=O)N1N=C(c2cc(F)ccc2F)OC1(CCCN)c1ccccc1. The molecule has 30 heavy (non-hydrogen) atoms. The first kappa shape index (κ1) is 21.9. The molecule has 0 aliphatic carbocycles. The molecule has 0 fully saturated rings. The Kier molecular flexibility index (Phi) is 6.48. The Balaban J connectivity index is 2.16. The molecular weight excluding hydrogens is 392 g/mol. The minimum atomic E-state index is -1.44. The number of benzene rings is 2. The number of carbonyl (C=O) groups excluding carboxylic acids is 1. The van der Waals surface area contributed by atoms with E-state index in [0.29, 0.717) is 18.5 Å². The van der Waals surface area contributed by atoms with Crippen molar-refractivity contribution in [1.82, 2.24) is 5.01 Å². The van der Waals surface area contributed by atoms with Gasteiger partial charge in [-0.2, -0.15) is 5.01 Å². The molecule has 0 saturated carbocycles. The predicted molar refractivity (Wildman–Crippen MR) is 108 cm³/mol. The van der Waals surface area contributed by atoms with Gasteiger partial charge in [-0.15, -0.1) is 5.10 Å². The van der Waals surface area contributed by atoms with Crippen molar-refractivity contribution < 1.29 is 23.4 Å². The normalized spacial score (nSPS) is 19.6. The van der Waals surface area contributed by atoms with Gasteiger partial charge in [-0.3, -0.25) is 4.79 Å². The maximum atomic E-state index is 14.4. The maximum absolute atomic E-state index is 14.4. The van der Waals surface area contributed by atoms with Crippen LogP contribution in [0.3, 0.4) is 0 Å². The first-order valence-corrected chi connectivity index (χ1v) is 9.81. The molecule has 0 aromatic heterocycles. The lowest BCUT2D eigenvalue weighted by Crippen LogP contribution is -2.50. The van der Waals surface area contributed by atoms with Crippen molar-refractivity contribution in [3.05, 3.63) is 71.3 Å². The summed E-state index contributed by atoms with van der Waals surface area (Å²) in [4.78, 5) is 13.2. The van der Waals surface area contributed by atoms with Crippen molar-refractivity contribution >= 4 is 11.8 Å². The van der Waals surface area contributed by atoms with E-state index >= 15 is 0 Å². The van der Waals surface area contributed by atoms with E-state index in [2.05, 4.69) is 5.10 Å². The zero-order chi connectivity index (χ0) is 21.9. The number of hydrogen-bond donors (Lipinski definition) is 2. The molecule has 160 valence electrons. The lowest BCUT2D eigenvalue weighted by atomic mass is 9.95. The van der Waals surface area contributed by atoms with Crippen molar-refractivity contribution in [2.45, 2.75) is 38.5 Å². The average molecular weight is 417 g/mol. The Labute approximate surface area is 173 Å². The standard InChI is InChI=1S/C22H25F2N3O3/c1-14(2)19(28)21(29)27-22(11-6-12-25,15-7-4-3-5-8-15)30-20(26-27)17-13-16(23)9-10-18(17)24/h3-5,7-10,13-14,19,28H,6,11-12,25H2,1-2H3/t19-,22?/m0/s1. The third kappa shape index (κ3) is 4.06. The number of ether oxygens (including phenoxy) is 1. The molecular formula is C22H25F2N3O3. The number of carbonyl (C=O) groups is 1. The monoisotopic (exact) mass is 417 g/mol. The first-order chi connectivity index (χ1) is 14.3. The molecule has 3 rings (SSSR count). The molecule has 1 aliphatic heterocycles. The van der Waals surface area contributed by atoms with Crippen LogP contribution in [-0.2, 0) is 15.3 Å². The first-order valence-electron chi connectivity index (χ1n) is 9.81. The number of nitrogens with two attached hydrogens (primary N) is 1. The van der Waals surface area contributed by atoms with Gasteiger partial charge in [0.15, 0.2) is 0 Å². The summed E-state index contributed by atoms with van der Waals surface area (Å²) in [6.45, 7) is 3.71. The third-order valence-corrected chi connectivity index (χ3v) is 5.00. The van der Waals surface area contributed by atoms with Gasteiger partial charge in [0.05, 0.1) is 5.56 Å². The Morgan fingerprint density at radius 2 is 1.93 bits per heavy atom. The highest BCUT2D eigenvalue weighted by Crippen LogP contribution is 2.41. The molecule has 8 heteroatoms. The highest BCUT2D eigenvalue weighted by Gasteiger charge is 2.51. The van der Waals surface area contributed by atoms with Crippen LogP contribution in [0.4, 0.5) is 8.78 Å². The predicted octanol–water partition coefficient (Wildman–Crippen LogP) is 3.09. The fourth-order valence-corrected chi connectivity index (χ4v) is 3.33. The van der Waals surface area contributed by atoms with Crippen molar-refractivity contribution in [2.75, 3.05) is 6.54 Å². The van der Waals surface area contributed by atoms with Crippen LogP contribution >= 0.6 is 0 Å². The molecule has 0 bridgehead atoms. The van der Waals surface area contributed by atoms with Crippen LogP contribution in [0.5, 0.6) is 0 Å². The van der Waals surface area contributed by atoms with Crippen LogP contribution in [0.2, 0.25) is 0 Å². The molecule has 1 heterocycles. The summed E-state index contributed by atoms with van der Waals surface area (Å²) in [7, 11) is 0. The van der Waals surface area contributed by atoms with Crippen LogP contribution in [0, 0.1) is 17.6 Å². The molecule has 6 nitrogen and oxygen atoms in total. The van der Waals surface area contributed by atoms with Crippen molar-refractivity contribution in [3.63, 3.8) is 0 Å². The third-order valence-electron chi connectivity index (χ3n) is 5.00. The minimum absolute atomic E-state index is 0.211. The average Bonchev–Trinajstić information content (AvgIpc) is 3.14. The fraction of sp³-hybridized carbons (Fsp3) is 0.364. The van der Waals surface area contributed by atoms with Gasteiger partial charge in [-0.05, 0) is 37.1 Å². The highest BCUT2D eigenvalue weighted by atomic mass is 19.1. The minimum Gasteiger partial charge on any atom is -0.443 e. The van der Waals surface area contributed by atoms with E-state index in [4.69, 9.17) is 10.5 Å². The zero-order valence-corrected chi connectivity index (χ0v) is 16.9. The van der Waals surface area contributed by atoms with Gasteiger partial charge in [-0.1, -0.05) is 44.2 Å². The van der Waals surface area contributed by atoms with Crippen LogP contribution in [0.1, 0.15) is 37.8 Å². The number of hydrogen-bond acceptors (Lipinski definition) is 5. The summed E-state index contributed by atoms with van der Waals surface area (Å²) < 4.78 is 34.3. The molecule has 2 atom stereocenters. The molecule has 2 aromatic rings. The van der Waals surface area contributed by atoms with E-state index in [1.807, 2.05) is 0 Å². The van der Waals surface area contributed by atoms with Gasteiger partial charge >= 0.3 is 0 Å². The van der Waals surface area contributed by atoms with Crippen LogP contribution in [-0.4, -0.2) is 34.6 Å². The van der Waals surface area contributed by atoms with Crippen LogP contribution < -0.4 is 5.73 Å². The van der Waals surface area contributed by atoms with E-state index in [1.165, 1.54) is 0 Å². The molecule has 3 N–H and O–H groups in total. The smallest absolute Gasteiger partial charge is 0.275 e. The number of amides is 1. The van der Waals surface area contributed by atoms with E-state index in [0.717, 1.165) is 23.2 Å². The Morgan fingerprint density at radius 3 is 2.57 bits per heavy atom. The summed E-state index contributed by atoms with van der Waals surface area (Å²) >= 11 is 0. The quantitative estimate of drug-likeness (QED) is 0.725. The molecule has 1 aliphatic rings. The summed E-state index contributed by atoms with van der Waals surface area (Å²) in [6.07, 6.45) is -0.645. The van der Waals surface area contributed by atoms with Crippen molar-refractivity contribution in [1.29, 1.82) is 0 Å². The zero-order valence-electron chi connectivity index (χ0n) is 16.9. The largest absolute Gasteiger partial charge is 0.443 e. The Hall–Kier alpha value is -2.84. The molecule has 0 spiro atoms. The summed E-state index contributed by atoms with van der Waals surface area (Å²) in [6, 6.07) is 11.7. The van der Waals surface area contributed by atoms with E-state index < -0.39 is 29.4 Å². The number of nitrogens with zero attached hydrogens (tertiary/aromatic N) is 2. The van der Waals surface area contributed by atoms with Gasteiger partial charge in [0, 0.05) is 12.0 Å². The summed E-state index contributed by atoms with van der Waals surface area (Å²) in [5, 5.41) is 15.7. The Morgan fingerprint density at radius 1 is 1.23 bits per heavy atom.